The summed E-state index contributed by atoms with van der Waals surface area (Å²) >= 11 is 3.51. The third-order valence-electron chi connectivity index (χ3n) is 3.06. The SMILES string of the molecule is Brc1ccc2c3c([nH]c2c1)CCCC3. The van der Waals surface area contributed by atoms with Gasteiger partial charge in [-0.15, -0.1) is 0 Å². The molecule has 2 heteroatoms. The third kappa shape index (κ3) is 1.21. The van der Waals surface area contributed by atoms with E-state index < -0.39 is 0 Å². The Bertz CT molecular complexity index is 484. The van der Waals surface area contributed by atoms with Crippen LogP contribution in [-0.2, 0) is 12.8 Å². The summed E-state index contributed by atoms with van der Waals surface area (Å²) < 4.78 is 1.16. The molecule has 1 aromatic carbocycles. The Morgan fingerprint density at radius 3 is 2.93 bits per heavy atom. The first-order valence-electron chi connectivity index (χ1n) is 5.13. The fourth-order valence-electron chi connectivity index (χ4n) is 2.39. The second-order valence-corrected chi connectivity index (χ2v) is 4.89. The zero-order chi connectivity index (χ0) is 9.54. The van der Waals surface area contributed by atoms with Crippen LogP contribution in [0.25, 0.3) is 10.9 Å². The van der Waals surface area contributed by atoms with Gasteiger partial charge in [-0.25, -0.2) is 0 Å². The molecule has 2 aromatic rings. The minimum Gasteiger partial charge on any atom is -0.358 e. The largest absolute Gasteiger partial charge is 0.358 e. The van der Waals surface area contributed by atoms with E-state index in [0.717, 1.165) is 4.47 Å². The molecule has 0 aliphatic heterocycles. The van der Waals surface area contributed by atoms with Gasteiger partial charge in [0.15, 0.2) is 0 Å². The van der Waals surface area contributed by atoms with Crippen molar-refractivity contribution in [3.05, 3.63) is 33.9 Å². The molecule has 1 heterocycles. The molecular weight excluding hydrogens is 238 g/mol. The third-order valence-corrected chi connectivity index (χ3v) is 3.55. The minimum absolute atomic E-state index is 1.16. The van der Waals surface area contributed by atoms with Crippen molar-refractivity contribution in [3.8, 4) is 0 Å². The van der Waals surface area contributed by atoms with Crippen LogP contribution in [0.5, 0.6) is 0 Å². The molecule has 0 saturated carbocycles. The van der Waals surface area contributed by atoms with Gasteiger partial charge in [0.25, 0.3) is 0 Å². The molecule has 1 nitrogen and oxygen atoms in total. The second-order valence-electron chi connectivity index (χ2n) is 3.98. The summed E-state index contributed by atoms with van der Waals surface area (Å²) in [4.78, 5) is 3.53. The highest BCUT2D eigenvalue weighted by molar-refractivity contribution is 9.10. The Morgan fingerprint density at radius 2 is 2.00 bits per heavy atom. The van der Waals surface area contributed by atoms with Crippen LogP contribution in [-0.4, -0.2) is 4.98 Å². The van der Waals surface area contributed by atoms with E-state index in [1.54, 1.807) is 5.56 Å². The second kappa shape index (κ2) is 3.13. The van der Waals surface area contributed by atoms with Gasteiger partial charge in [0.2, 0.25) is 0 Å². The molecule has 0 radical (unpaired) electrons. The maximum absolute atomic E-state index is 3.53. The van der Waals surface area contributed by atoms with Gasteiger partial charge in [-0.2, -0.15) is 0 Å². The zero-order valence-electron chi connectivity index (χ0n) is 7.94. The van der Waals surface area contributed by atoms with Crippen LogP contribution in [0.4, 0.5) is 0 Å². The summed E-state index contributed by atoms with van der Waals surface area (Å²) in [6, 6.07) is 6.53. The number of hydrogen-bond donors (Lipinski definition) is 1. The summed E-state index contributed by atoms with van der Waals surface area (Å²) in [6.07, 6.45) is 5.15. The number of nitrogens with one attached hydrogen (secondary N) is 1. The number of aromatic nitrogens is 1. The summed E-state index contributed by atoms with van der Waals surface area (Å²) in [7, 11) is 0. The van der Waals surface area contributed by atoms with Gasteiger partial charge in [-0.3, -0.25) is 0 Å². The van der Waals surface area contributed by atoms with Gasteiger partial charge in [-0.05, 0) is 43.4 Å². The molecule has 0 spiro atoms. The van der Waals surface area contributed by atoms with Crippen LogP contribution in [0, 0.1) is 0 Å². The number of fused-ring (bicyclic) bond motifs is 3. The van der Waals surface area contributed by atoms with E-state index in [-0.39, 0.29) is 0 Å². The molecule has 14 heavy (non-hydrogen) atoms. The molecule has 0 amide bonds. The highest BCUT2D eigenvalue weighted by Crippen LogP contribution is 2.30. The number of halogens is 1. The molecule has 1 aromatic heterocycles. The number of aromatic amines is 1. The lowest BCUT2D eigenvalue weighted by molar-refractivity contribution is 0.680. The predicted octanol–water partition coefficient (Wildman–Crippen LogP) is 3.81. The first-order valence-corrected chi connectivity index (χ1v) is 5.93. The summed E-state index contributed by atoms with van der Waals surface area (Å²) in [5.41, 5.74) is 4.30. The van der Waals surface area contributed by atoms with Crippen molar-refractivity contribution in [2.45, 2.75) is 25.7 Å². The molecule has 72 valence electrons. The van der Waals surface area contributed by atoms with E-state index in [2.05, 4.69) is 39.1 Å². The van der Waals surface area contributed by atoms with Crippen LogP contribution in [0.1, 0.15) is 24.1 Å². The van der Waals surface area contributed by atoms with Gasteiger partial charge >= 0.3 is 0 Å². The van der Waals surface area contributed by atoms with E-state index >= 15 is 0 Å². The molecular formula is C12H12BrN. The topological polar surface area (TPSA) is 15.8 Å². The number of rotatable bonds is 0. The van der Waals surface area contributed by atoms with Gasteiger partial charge in [-0.1, -0.05) is 22.0 Å². The van der Waals surface area contributed by atoms with E-state index in [1.165, 1.54) is 42.3 Å². The van der Waals surface area contributed by atoms with E-state index in [9.17, 15) is 0 Å². The predicted molar refractivity (Wildman–Crippen MR) is 62.6 cm³/mol. The number of benzene rings is 1. The summed E-state index contributed by atoms with van der Waals surface area (Å²) in [5.74, 6) is 0. The average molecular weight is 250 g/mol. The molecule has 1 aliphatic rings. The minimum atomic E-state index is 1.16. The van der Waals surface area contributed by atoms with Gasteiger partial charge < -0.3 is 4.98 Å². The fraction of sp³-hybridized carbons (Fsp3) is 0.333. The van der Waals surface area contributed by atoms with Gasteiger partial charge in [0.05, 0.1) is 0 Å². The van der Waals surface area contributed by atoms with Gasteiger partial charge in [0.1, 0.15) is 0 Å². The van der Waals surface area contributed by atoms with Crippen molar-refractivity contribution in [2.24, 2.45) is 0 Å². The molecule has 0 atom stereocenters. The monoisotopic (exact) mass is 249 g/mol. The maximum Gasteiger partial charge on any atom is 0.0470 e. The van der Waals surface area contributed by atoms with Crippen molar-refractivity contribution < 1.29 is 0 Å². The number of H-pyrrole nitrogens is 1. The Balaban J connectivity index is 2.31. The summed E-state index contributed by atoms with van der Waals surface area (Å²) in [5, 5.41) is 1.42. The molecule has 0 saturated heterocycles. The lowest BCUT2D eigenvalue weighted by Crippen LogP contribution is -1.99. The Hall–Kier alpha value is -0.760. The van der Waals surface area contributed by atoms with Crippen molar-refractivity contribution >= 4 is 26.8 Å². The van der Waals surface area contributed by atoms with Crippen molar-refractivity contribution in [2.75, 3.05) is 0 Å². The number of aryl methyl sites for hydroxylation is 2. The first-order chi connectivity index (χ1) is 6.84. The Labute approximate surface area is 91.6 Å². The molecule has 0 fully saturated rings. The molecule has 1 N–H and O–H groups in total. The highest BCUT2D eigenvalue weighted by atomic mass is 79.9. The average Bonchev–Trinajstić information content (AvgIpc) is 2.54. The zero-order valence-corrected chi connectivity index (χ0v) is 9.52. The van der Waals surface area contributed by atoms with Crippen molar-refractivity contribution in [3.63, 3.8) is 0 Å². The quantitative estimate of drug-likeness (QED) is 0.731. The maximum atomic E-state index is 3.53. The lowest BCUT2D eigenvalue weighted by Gasteiger charge is -2.10. The van der Waals surface area contributed by atoms with Crippen LogP contribution in [0.2, 0.25) is 0 Å². The normalized spacial score (nSPS) is 15.8. The van der Waals surface area contributed by atoms with Crippen LogP contribution < -0.4 is 0 Å². The molecule has 1 aliphatic carbocycles. The van der Waals surface area contributed by atoms with Crippen molar-refractivity contribution in [1.82, 2.24) is 4.98 Å². The molecule has 3 rings (SSSR count). The standard InChI is InChI=1S/C12H12BrN/c13-8-5-6-10-9-3-1-2-4-11(9)14-12(10)7-8/h5-7,14H,1-4H2. The highest BCUT2D eigenvalue weighted by Gasteiger charge is 2.14. The number of hydrogen-bond acceptors (Lipinski definition) is 0. The molecule has 0 unspecified atom stereocenters. The lowest BCUT2D eigenvalue weighted by atomic mass is 9.96. The van der Waals surface area contributed by atoms with Gasteiger partial charge in [0, 0.05) is 21.1 Å². The van der Waals surface area contributed by atoms with E-state index in [4.69, 9.17) is 0 Å². The van der Waals surface area contributed by atoms with Crippen molar-refractivity contribution in [1.29, 1.82) is 0 Å². The van der Waals surface area contributed by atoms with Crippen LogP contribution in [0.3, 0.4) is 0 Å². The Kier molecular flexibility index (Phi) is 1.91. The van der Waals surface area contributed by atoms with Crippen LogP contribution >= 0.6 is 15.9 Å². The van der Waals surface area contributed by atoms with E-state index in [1.807, 2.05) is 0 Å². The first kappa shape index (κ1) is 8.54. The summed E-state index contributed by atoms with van der Waals surface area (Å²) in [6.45, 7) is 0. The van der Waals surface area contributed by atoms with Crippen LogP contribution in [0.15, 0.2) is 22.7 Å². The smallest absolute Gasteiger partial charge is 0.0470 e. The van der Waals surface area contributed by atoms with E-state index in [0.29, 0.717) is 0 Å². The fourth-order valence-corrected chi connectivity index (χ4v) is 2.75. The Morgan fingerprint density at radius 1 is 1.14 bits per heavy atom. The molecule has 0 bridgehead atoms.